The fourth-order valence-corrected chi connectivity index (χ4v) is 3.68. The number of cyclic esters (lactones) is 1. The third-order valence-electron chi connectivity index (χ3n) is 5.23. The molecule has 0 radical (unpaired) electrons. The topological polar surface area (TPSA) is 64.0 Å². The number of ether oxygens (including phenoxy) is 2. The van der Waals surface area contributed by atoms with Crippen LogP contribution in [0.3, 0.4) is 0 Å². The lowest BCUT2D eigenvalue weighted by Gasteiger charge is -2.29. The quantitative estimate of drug-likeness (QED) is 0.496. The van der Waals surface area contributed by atoms with Gasteiger partial charge in [-0.3, -0.25) is 0 Å². The monoisotopic (exact) mass is 399 g/mol. The summed E-state index contributed by atoms with van der Waals surface area (Å²) in [4.78, 5) is 24.1. The summed E-state index contributed by atoms with van der Waals surface area (Å²) >= 11 is 0. The molecular weight excluding hydrogens is 378 g/mol. The summed E-state index contributed by atoms with van der Waals surface area (Å²) in [5.41, 5.74) is 3.98. The average Bonchev–Trinajstić information content (AvgIpc) is 3.15. The van der Waals surface area contributed by atoms with Gasteiger partial charge in [0.2, 0.25) is 5.90 Å². The van der Waals surface area contributed by atoms with E-state index in [0.717, 1.165) is 46.5 Å². The van der Waals surface area contributed by atoms with Crippen LogP contribution >= 0.6 is 0 Å². The second-order valence-electron chi connectivity index (χ2n) is 7.40. The number of fused-ring (bicyclic) bond motifs is 1. The number of rotatable bonds is 3. The molecule has 6 nitrogen and oxygen atoms in total. The Morgan fingerprint density at radius 1 is 1.03 bits per heavy atom. The second-order valence-corrected chi connectivity index (χ2v) is 7.40. The van der Waals surface area contributed by atoms with E-state index in [-0.39, 0.29) is 5.70 Å². The number of carbonyl (C=O) groups is 1. The number of benzene rings is 2. The maximum atomic E-state index is 12.5. The average molecular weight is 399 g/mol. The fourth-order valence-electron chi connectivity index (χ4n) is 3.68. The van der Waals surface area contributed by atoms with Crippen LogP contribution in [0, 0.1) is 6.92 Å². The van der Waals surface area contributed by atoms with Gasteiger partial charge in [-0.1, -0.05) is 30.3 Å². The first-order valence-corrected chi connectivity index (χ1v) is 9.99. The normalized spacial score (nSPS) is 18.0. The van der Waals surface area contributed by atoms with Crippen LogP contribution in [0.5, 0.6) is 0 Å². The molecule has 0 atom stereocenters. The molecular formula is C24H21N3O3. The Morgan fingerprint density at radius 3 is 2.63 bits per heavy atom. The van der Waals surface area contributed by atoms with Gasteiger partial charge in [0.1, 0.15) is 5.82 Å². The third-order valence-corrected chi connectivity index (χ3v) is 5.23. The van der Waals surface area contributed by atoms with E-state index in [4.69, 9.17) is 14.5 Å². The molecule has 1 fully saturated rings. The van der Waals surface area contributed by atoms with Gasteiger partial charge in [0.05, 0.1) is 18.7 Å². The van der Waals surface area contributed by atoms with Crippen LogP contribution in [0.2, 0.25) is 0 Å². The second kappa shape index (κ2) is 7.72. The minimum Gasteiger partial charge on any atom is -0.402 e. The summed E-state index contributed by atoms with van der Waals surface area (Å²) in [6.45, 7) is 4.87. The van der Waals surface area contributed by atoms with Gasteiger partial charge in [-0.05, 0) is 42.8 Å². The molecule has 5 rings (SSSR count). The van der Waals surface area contributed by atoms with Gasteiger partial charge >= 0.3 is 5.97 Å². The van der Waals surface area contributed by atoms with Crippen LogP contribution in [0.1, 0.15) is 16.7 Å². The number of nitrogens with zero attached hydrogens (tertiary/aromatic N) is 3. The van der Waals surface area contributed by atoms with Crippen molar-refractivity contribution in [1.82, 2.24) is 4.98 Å². The summed E-state index contributed by atoms with van der Waals surface area (Å²) in [5, 5.41) is 1.02. The Kier molecular flexibility index (Phi) is 4.77. The Bertz CT molecular complexity index is 1180. The number of anilines is 1. The molecule has 3 heterocycles. The van der Waals surface area contributed by atoms with Crippen molar-refractivity contribution >= 4 is 34.7 Å². The largest absolute Gasteiger partial charge is 0.402 e. The number of aliphatic imine (C=N–C) groups is 1. The van der Waals surface area contributed by atoms with E-state index >= 15 is 0 Å². The van der Waals surface area contributed by atoms with Crippen molar-refractivity contribution in [3.63, 3.8) is 0 Å². The molecule has 0 bridgehead atoms. The van der Waals surface area contributed by atoms with Gasteiger partial charge in [0.15, 0.2) is 5.70 Å². The minimum atomic E-state index is -0.453. The number of aryl methyl sites for hydroxylation is 1. The molecule has 0 spiro atoms. The number of aromatic nitrogens is 1. The SMILES string of the molecule is Cc1ccc2cc(/C=C3/N=C(c4ccccc4)OC3=O)c(N3CCOCC3)nc2c1. The van der Waals surface area contributed by atoms with Crippen molar-refractivity contribution in [3.05, 3.63) is 77.0 Å². The predicted molar refractivity (Wildman–Crippen MR) is 117 cm³/mol. The maximum absolute atomic E-state index is 12.5. The van der Waals surface area contributed by atoms with Gasteiger partial charge in [-0.25, -0.2) is 14.8 Å². The first kappa shape index (κ1) is 18.5. The number of hydrogen-bond acceptors (Lipinski definition) is 6. The van der Waals surface area contributed by atoms with Crippen molar-refractivity contribution < 1.29 is 14.3 Å². The Morgan fingerprint density at radius 2 is 1.83 bits per heavy atom. The number of morpholine rings is 1. The van der Waals surface area contributed by atoms with E-state index in [2.05, 4.69) is 41.1 Å². The molecule has 2 aromatic carbocycles. The molecule has 0 amide bonds. The highest BCUT2D eigenvalue weighted by molar-refractivity contribution is 6.13. The molecule has 1 saturated heterocycles. The van der Waals surface area contributed by atoms with Crippen molar-refractivity contribution in [2.75, 3.05) is 31.2 Å². The van der Waals surface area contributed by atoms with Gasteiger partial charge in [0, 0.05) is 29.6 Å². The molecule has 2 aliphatic heterocycles. The highest BCUT2D eigenvalue weighted by atomic mass is 16.6. The number of pyridine rings is 1. The molecule has 150 valence electrons. The third kappa shape index (κ3) is 3.57. The summed E-state index contributed by atoms with van der Waals surface area (Å²) in [6.07, 6.45) is 1.77. The molecule has 0 aliphatic carbocycles. The van der Waals surface area contributed by atoms with Crippen molar-refractivity contribution in [2.45, 2.75) is 6.92 Å². The van der Waals surface area contributed by atoms with Crippen LogP contribution in [-0.2, 0) is 14.3 Å². The first-order valence-electron chi connectivity index (χ1n) is 9.99. The van der Waals surface area contributed by atoms with E-state index in [1.165, 1.54) is 0 Å². The zero-order chi connectivity index (χ0) is 20.5. The fraction of sp³-hybridized carbons (Fsp3) is 0.208. The zero-order valence-corrected chi connectivity index (χ0v) is 16.7. The minimum absolute atomic E-state index is 0.275. The molecule has 2 aliphatic rings. The number of esters is 1. The Hall–Kier alpha value is -3.51. The van der Waals surface area contributed by atoms with Gasteiger partial charge in [-0.2, -0.15) is 0 Å². The van der Waals surface area contributed by atoms with Gasteiger partial charge in [0.25, 0.3) is 0 Å². The molecule has 30 heavy (non-hydrogen) atoms. The van der Waals surface area contributed by atoms with Crippen molar-refractivity contribution in [2.24, 2.45) is 4.99 Å². The van der Waals surface area contributed by atoms with Crippen molar-refractivity contribution in [1.29, 1.82) is 0 Å². The van der Waals surface area contributed by atoms with E-state index in [0.29, 0.717) is 19.1 Å². The number of carbonyl (C=O) groups excluding carboxylic acids is 1. The molecule has 6 heteroatoms. The lowest BCUT2D eigenvalue weighted by Crippen LogP contribution is -2.37. The Labute approximate surface area is 174 Å². The van der Waals surface area contributed by atoms with Crippen LogP contribution in [0.15, 0.2) is 65.3 Å². The summed E-state index contributed by atoms with van der Waals surface area (Å²) in [5.74, 6) is 0.704. The van der Waals surface area contributed by atoms with Gasteiger partial charge in [-0.15, -0.1) is 0 Å². The van der Waals surface area contributed by atoms with E-state index < -0.39 is 5.97 Å². The van der Waals surface area contributed by atoms with Crippen LogP contribution in [0.4, 0.5) is 5.82 Å². The molecule has 0 N–H and O–H groups in total. The van der Waals surface area contributed by atoms with E-state index in [1.807, 2.05) is 30.3 Å². The predicted octanol–water partition coefficient (Wildman–Crippen LogP) is 3.72. The zero-order valence-electron chi connectivity index (χ0n) is 16.7. The first-order chi connectivity index (χ1) is 14.7. The lowest BCUT2D eigenvalue weighted by atomic mass is 10.1. The lowest BCUT2D eigenvalue weighted by molar-refractivity contribution is -0.129. The number of hydrogen-bond donors (Lipinski definition) is 0. The Balaban J connectivity index is 1.61. The molecule has 0 saturated carbocycles. The molecule has 0 unspecified atom stereocenters. The molecule has 1 aromatic heterocycles. The standard InChI is InChI=1S/C24H21N3O3/c1-16-7-8-18-14-19(22(25-20(18)13-16)27-9-11-29-12-10-27)15-21-24(28)30-23(26-21)17-5-3-2-4-6-17/h2-8,13-15H,9-12H2,1H3/b21-15+. The van der Waals surface area contributed by atoms with Crippen LogP contribution in [-0.4, -0.2) is 43.2 Å². The highest BCUT2D eigenvalue weighted by Crippen LogP contribution is 2.29. The summed E-state index contributed by atoms with van der Waals surface area (Å²) < 4.78 is 10.9. The van der Waals surface area contributed by atoms with Gasteiger partial charge < -0.3 is 14.4 Å². The summed E-state index contributed by atoms with van der Waals surface area (Å²) in [7, 11) is 0. The maximum Gasteiger partial charge on any atom is 0.363 e. The van der Waals surface area contributed by atoms with Crippen LogP contribution in [0.25, 0.3) is 17.0 Å². The summed E-state index contributed by atoms with van der Waals surface area (Å²) in [6, 6.07) is 17.7. The van der Waals surface area contributed by atoms with E-state index in [1.54, 1.807) is 6.08 Å². The molecule has 3 aromatic rings. The van der Waals surface area contributed by atoms with Crippen molar-refractivity contribution in [3.8, 4) is 0 Å². The van der Waals surface area contributed by atoms with Crippen LogP contribution < -0.4 is 4.90 Å². The smallest absolute Gasteiger partial charge is 0.363 e. The highest BCUT2D eigenvalue weighted by Gasteiger charge is 2.25. The van der Waals surface area contributed by atoms with E-state index in [9.17, 15) is 4.79 Å².